The minimum atomic E-state index is 0.0281. The van der Waals surface area contributed by atoms with Gasteiger partial charge < -0.3 is 4.57 Å². The summed E-state index contributed by atoms with van der Waals surface area (Å²) in [7, 11) is 0. The second kappa shape index (κ2) is 8.67. The van der Waals surface area contributed by atoms with Gasteiger partial charge in [-0.1, -0.05) is 54.6 Å². The smallest absolute Gasteiger partial charge is 0.266 e. The first kappa shape index (κ1) is 20.6. The Morgan fingerprint density at radius 3 is 2.41 bits per heavy atom. The molecule has 4 nitrogen and oxygen atoms in total. The summed E-state index contributed by atoms with van der Waals surface area (Å²) in [4.78, 5) is 20.3. The van der Waals surface area contributed by atoms with Gasteiger partial charge in [-0.2, -0.15) is 0 Å². The summed E-state index contributed by atoms with van der Waals surface area (Å²) < 4.78 is 2.34. The van der Waals surface area contributed by atoms with Gasteiger partial charge in [-0.3, -0.25) is 14.7 Å². The highest BCUT2D eigenvalue weighted by Crippen LogP contribution is 2.34. The minimum Gasteiger partial charge on any atom is -0.341 e. The van der Waals surface area contributed by atoms with Gasteiger partial charge >= 0.3 is 0 Å². The Hall–Kier alpha value is -3.31. The summed E-state index contributed by atoms with van der Waals surface area (Å²) in [5.74, 6) is 0.0281. The Morgan fingerprint density at radius 1 is 0.875 bits per heavy atom. The number of thioether (sulfide) groups is 1. The van der Waals surface area contributed by atoms with Crippen LogP contribution in [-0.4, -0.2) is 27.1 Å². The maximum atomic E-state index is 13.0. The number of carbonyl (C=O) groups is 1. The monoisotopic (exact) mass is 439 g/mol. The van der Waals surface area contributed by atoms with E-state index in [1.807, 2.05) is 31.2 Å². The summed E-state index contributed by atoms with van der Waals surface area (Å²) in [6, 6.07) is 25.1. The van der Waals surface area contributed by atoms with Gasteiger partial charge in [0.05, 0.1) is 11.4 Å². The van der Waals surface area contributed by atoms with Crippen molar-refractivity contribution in [3.8, 4) is 0 Å². The van der Waals surface area contributed by atoms with Crippen molar-refractivity contribution in [2.75, 3.05) is 6.54 Å². The number of rotatable bonds is 5. The van der Waals surface area contributed by atoms with Crippen LogP contribution >= 0.6 is 11.8 Å². The second-order valence-electron chi connectivity index (χ2n) is 7.78. The molecule has 0 unspecified atom stereocenters. The Balaban J connectivity index is 1.50. The molecule has 2 heterocycles. The number of fused-ring (bicyclic) bond motifs is 3. The number of amidine groups is 1. The third-order valence-corrected chi connectivity index (χ3v) is 6.90. The number of nitrogens with zero attached hydrogens (tertiary/aromatic N) is 3. The maximum absolute atomic E-state index is 13.0. The molecule has 0 spiro atoms. The lowest BCUT2D eigenvalue weighted by Gasteiger charge is -2.12. The number of hydrogen-bond acceptors (Lipinski definition) is 3. The summed E-state index contributed by atoms with van der Waals surface area (Å²) in [5.41, 5.74) is 4.64. The topological polar surface area (TPSA) is 37.6 Å². The summed E-state index contributed by atoms with van der Waals surface area (Å²) >= 11 is 1.47. The van der Waals surface area contributed by atoms with Crippen LogP contribution in [0.5, 0.6) is 0 Å². The number of carbonyl (C=O) groups excluding carboxylic acids is 1. The number of aryl methyl sites for hydroxylation is 1. The van der Waals surface area contributed by atoms with E-state index in [1.165, 1.54) is 33.6 Å². The van der Waals surface area contributed by atoms with E-state index in [0.29, 0.717) is 13.1 Å². The molecule has 160 valence electrons. The lowest BCUT2D eigenvalue weighted by atomic mass is 10.1. The number of likely N-dealkylation sites (N-methyl/N-ethyl adjacent to an activating group) is 1. The highest BCUT2D eigenvalue weighted by atomic mass is 32.2. The molecule has 0 N–H and O–H groups in total. The van der Waals surface area contributed by atoms with Crippen molar-refractivity contribution in [3.63, 3.8) is 0 Å². The number of aromatic nitrogens is 1. The van der Waals surface area contributed by atoms with Crippen LogP contribution in [0, 0.1) is 0 Å². The number of amides is 1. The standard InChI is InChI=1S/C27H25N3OS/c1-3-29-23-13-9-8-12-21(23)22-16-20(14-15-24(22)29)17-25-26(31)30(4-2)27(32-25)28-18-19-10-6-5-7-11-19/h5-17H,3-4,18H2,1-2H3/b25-17+,28-27+. The SMILES string of the molecule is CCN1C(=O)/C(=C\c2ccc3c(c2)c2ccccc2n3CC)S/C1=N/Cc1ccccc1. The van der Waals surface area contributed by atoms with Gasteiger partial charge in [-0.15, -0.1) is 0 Å². The largest absolute Gasteiger partial charge is 0.341 e. The Kier molecular flexibility index (Phi) is 5.58. The van der Waals surface area contributed by atoms with Gasteiger partial charge in [0.1, 0.15) is 0 Å². The summed E-state index contributed by atoms with van der Waals surface area (Å²) in [6.45, 7) is 6.27. The van der Waals surface area contributed by atoms with Crippen molar-refractivity contribution in [1.29, 1.82) is 0 Å². The lowest BCUT2D eigenvalue weighted by molar-refractivity contribution is -0.122. The fourth-order valence-electron chi connectivity index (χ4n) is 4.30. The quantitative estimate of drug-likeness (QED) is 0.342. The number of aliphatic imine (C=N–C) groups is 1. The number of hydrogen-bond donors (Lipinski definition) is 0. The van der Waals surface area contributed by atoms with Gasteiger partial charge in [0, 0.05) is 34.9 Å². The molecule has 1 aromatic heterocycles. The first-order valence-corrected chi connectivity index (χ1v) is 11.8. The zero-order valence-electron chi connectivity index (χ0n) is 18.3. The van der Waals surface area contributed by atoms with Crippen LogP contribution in [0.4, 0.5) is 0 Å². The molecule has 5 rings (SSSR count). The van der Waals surface area contributed by atoms with Crippen LogP contribution in [0.1, 0.15) is 25.0 Å². The zero-order chi connectivity index (χ0) is 22.1. The van der Waals surface area contributed by atoms with Crippen molar-refractivity contribution >= 4 is 50.7 Å². The normalized spacial score (nSPS) is 16.8. The molecule has 3 aromatic carbocycles. The maximum Gasteiger partial charge on any atom is 0.266 e. The molecule has 0 bridgehead atoms. The molecule has 32 heavy (non-hydrogen) atoms. The van der Waals surface area contributed by atoms with Gasteiger partial charge in [0.25, 0.3) is 5.91 Å². The van der Waals surface area contributed by atoms with E-state index in [2.05, 4.69) is 66.1 Å². The van der Waals surface area contributed by atoms with Crippen LogP contribution in [0.3, 0.4) is 0 Å². The molecule has 0 aliphatic carbocycles. The fourth-order valence-corrected chi connectivity index (χ4v) is 5.34. The van der Waals surface area contributed by atoms with Crippen molar-refractivity contribution in [1.82, 2.24) is 9.47 Å². The Labute approximate surface area is 192 Å². The molecule has 5 heteroatoms. The van der Waals surface area contributed by atoms with Gasteiger partial charge in [0.2, 0.25) is 0 Å². The number of benzene rings is 3. The average Bonchev–Trinajstić information content (AvgIpc) is 3.31. The first-order valence-electron chi connectivity index (χ1n) is 11.0. The van der Waals surface area contributed by atoms with E-state index in [9.17, 15) is 4.79 Å². The highest BCUT2D eigenvalue weighted by molar-refractivity contribution is 8.18. The van der Waals surface area contributed by atoms with Crippen molar-refractivity contribution in [2.24, 2.45) is 4.99 Å². The Bertz CT molecular complexity index is 1370. The van der Waals surface area contributed by atoms with Crippen molar-refractivity contribution < 1.29 is 4.79 Å². The van der Waals surface area contributed by atoms with Gasteiger partial charge in [0.15, 0.2) is 5.17 Å². The summed E-state index contributed by atoms with van der Waals surface area (Å²) in [6.07, 6.45) is 2.00. The third-order valence-electron chi connectivity index (χ3n) is 5.85. The zero-order valence-corrected chi connectivity index (χ0v) is 19.1. The third kappa shape index (κ3) is 3.63. The van der Waals surface area contributed by atoms with E-state index < -0.39 is 0 Å². The number of para-hydroxylation sites is 1. The molecule has 1 aliphatic rings. The molecule has 0 saturated carbocycles. The van der Waals surface area contributed by atoms with E-state index in [1.54, 1.807) is 4.90 Å². The van der Waals surface area contributed by atoms with E-state index >= 15 is 0 Å². The predicted molar refractivity (Wildman–Crippen MR) is 136 cm³/mol. The van der Waals surface area contributed by atoms with E-state index in [4.69, 9.17) is 4.99 Å². The molecule has 0 atom stereocenters. The van der Waals surface area contributed by atoms with E-state index in [-0.39, 0.29) is 5.91 Å². The lowest BCUT2D eigenvalue weighted by Crippen LogP contribution is -2.28. The minimum absolute atomic E-state index is 0.0281. The van der Waals surface area contributed by atoms with Crippen LogP contribution in [0.25, 0.3) is 27.9 Å². The molecule has 4 aromatic rings. The molecule has 0 radical (unpaired) electrons. The second-order valence-corrected chi connectivity index (χ2v) is 8.79. The molecular formula is C27H25N3OS. The van der Waals surface area contributed by atoms with Crippen LogP contribution in [-0.2, 0) is 17.9 Å². The van der Waals surface area contributed by atoms with Gasteiger partial charge in [-0.05, 0) is 61.0 Å². The Morgan fingerprint density at radius 2 is 1.62 bits per heavy atom. The van der Waals surface area contributed by atoms with Crippen molar-refractivity contribution in [2.45, 2.75) is 26.9 Å². The fraction of sp³-hybridized carbons (Fsp3) is 0.185. The van der Waals surface area contributed by atoms with Crippen LogP contribution < -0.4 is 0 Å². The molecule has 1 saturated heterocycles. The molecular weight excluding hydrogens is 414 g/mol. The summed E-state index contributed by atoms with van der Waals surface area (Å²) in [5, 5.41) is 3.24. The van der Waals surface area contributed by atoms with E-state index in [0.717, 1.165) is 27.7 Å². The highest BCUT2D eigenvalue weighted by Gasteiger charge is 2.32. The average molecular weight is 440 g/mol. The predicted octanol–water partition coefficient (Wildman–Crippen LogP) is 6.31. The van der Waals surface area contributed by atoms with Crippen LogP contribution in [0.15, 0.2) is 82.7 Å². The molecule has 1 amide bonds. The first-order chi connectivity index (χ1) is 15.7. The molecule has 1 fully saturated rings. The van der Waals surface area contributed by atoms with Gasteiger partial charge in [-0.25, -0.2) is 0 Å². The molecule has 1 aliphatic heterocycles. The van der Waals surface area contributed by atoms with Crippen molar-refractivity contribution in [3.05, 3.63) is 88.8 Å². The van der Waals surface area contributed by atoms with Crippen LogP contribution in [0.2, 0.25) is 0 Å².